The van der Waals surface area contributed by atoms with Gasteiger partial charge in [0.15, 0.2) is 0 Å². The van der Waals surface area contributed by atoms with Crippen molar-refractivity contribution in [2.24, 2.45) is 21.1 Å². The van der Waals surface area contributed by atoms with Crippen LogP contribution >= 0.6 is 0 Å². The van der Waals surface area contributed by atoms with Crippen molar-refractivity contribution in [1.29, 1.82) is 0 Å². The minimum absolute atomic E-state index is 1.39. The zero-order valence-corrected chi connectivity index (χ0v) is 15.9. The molecule has 66 valence electrons. The molecule has 1 aromatic heterocycles. The molecule has 1 aromatic rings. The Morgan fingerprint density at radius 1 is 0.667 bits per heavy atom. The van der Waals surface area contributed by atoms with Crippen LogP contribution < -0.4 is 0 Å². The first kappa shape index (κ1) is 11.2. The maximum absolute atomic E-state index is 2.27. The Morgan fingerprint density at radius 3 is 1.00 bits per heavy atom. The van der Waals surface area contributed by atoms with Crippen LogP contribution in [0.25, 0.3) is 0 Å². The SMILES string of the molecule is Cn1[c](=[W])n(C)[c](=[W])n(C)[c]1=[W]. The molecule has 0 aliphatic carbocycles. The molecule has 0 bridgehead atoms. The standard InChI is InChI=1S/C6H9N3.3W/c1-7-4-8(2)6-9(3)5-7;;;/h1-3H3;;;. The topological polar surface area (TPSA) is 14.8 Å². The summed E-state index contributed by atoms with van der Waals surface area (Å²) in [6.07, 6.45) is 0. The summed E-state index contributed by atoms with van der Waals surface area (Å²) in [6, 6.07) is 0. The monoisotopic (exact) mass is 675 g/mol. The van der Waals surface area contributed by atoms with Crippen LogP contribution in [0.5, 0.6) is 0 Å². The molecule has 0 unspecified atom stereocenters. The van der Waals surface area contributed by atoms with Crippen molar-refractivity contribution >= 4 is 0 Å². The Kier molecular flexibility index (Phi) is 3.78. The van der Waals surface area contributed by atoms with Crippen LogP contribution in [0.2, 0.25) is 0 Å². The third-order valence-electron chi connectivity index (χ3n) is 1.72. The minimum atomic E-state index is 1.39. The molecule has 12 heavy (non-hydrogen) atoms. The van der Waals surface area contributed by atoms with Gasteiger partial charge >= 0.3 is 104 Å². The van der Waals surface area contributed by atoms with Crippen LogP contribution in [-0.4, -0.2) is 13.7 Å². The van der Waals surface area contributed by atoms with E-state index in [2.05, 4.69) is 34.8 Å². The molecule has 1 heterocycles. The Morgan fingerprint density at radius 2 is 0.833 bits per heavy atom. The molecule has 0 amide bonds. The summed E-state index contributed by atoms with van der Waals surface area (Å²) in [4.78, 5) is 0. The van der Waals surface area contributed by atoms with Crippen molar-refractivity contribution in [2.75, 3.05) is 0 Å². The Labute approximate surface area is 103 Å². The maximum atomic E-state index is 2.27. The fraction of sp³-hybridized carbons (Fsp3) is 0.500. The number of nitrogens with zero attached hydrogens (tertiary/aromatic N) is 3. The number of rotatable bonds is 0. The van der Waals surface area contributed by atoms with Crippen LogP contribution in [0.1, 0.15) is 0 Å². The van der Waals surface area contributed by atoms with Gasteiger partial charge in [-0.15, -0.1) is 0 Å². The number of aromatic nitrogens is 3. The van der Waals surface area contributed by atoms with Gasteiger partial charge in [0.2, 0.25) is 0 Å². The van der Waals surface area contributed by atoms with E-state index in [1.54, 1.807) is 0 Å². The summed E-state index contributed by atoms with van der Waals surface area (Å²) < 4.78 is 11.0. The second-order valence-electron chi connectivity index (χ2n) is 2.52. The van der Waals surface area contributed by atoms with Crippen LogP contribution in [-0.2, 0) is 79.2 Å². The molecule has 0 atom stereocenters. The molecular formula is C6H9N3W3. The van der Waals surface area contributed by atoms with E-state index in [0.29, 0.717) is 0 Å². The predicted octanol–water partition coefficient (Wildman–Crippen LogP) is -0.0615. The van der Waals surface area contributed by atoms with E-state index in [1.165, 1.54) is 69.5 Å². The van der Waals surface area contributed by atoms with E-state index in [9.17, 15) is 0 Å². The van der Waals surface area contributed by atoms with Crippen molar-refractivity contribution in [3.8, 4) is 0 Å². The molecule has 6 heteroatoms. The van der Waals surface area contributed by atoms with Crippen LogP contribution in [0.4, 0.5) is 0 Å². The van der Waals surface area contributed by atoms with E-state index in [-0.39, 0.29) is 0 Å². The van der Waals surface area contributed by atoms with Gasteiger partial charge in [-0.2, -0.15) is 0 Å². The zero-order valence-electron chi connectivity index (χ0n) is 7.07. The van der Waals surface area contributed by atoms with Gasteiger partial charge in [0.25, 0.3) is 0 Å². The first-order valence-corrected chi connectivity index (χ1v) is 7.70. The van der Waals surface area contributed by atoms with E-state index >= 15 is 0 Å². The molecular weight excluding hydrogens is 666 g/mol. The molecule has 0 radical (unpaired) electrons. The van der Waals surface area contributed by atoms with Gasteiger partial charge in [0.1, 0.15) is 0 Å². The van der Waals surface area contributed by atoms with E-state index < -0.39 is 0 Å². The van der Waals surface area contributed by atoms with Gasteiger partial charge in [0, 0.05) is 0 Å². The molecule has 0 aromatic carbocycles. The first-order chi connectivity index (χ1) is 5.46. The Bertz CT molecular complexity index is 375. The zero-order chi connectivity index (χ0) is 9.46. The molecule has 3 nitrogen and oxygen atoms in total. The fourth-order valence-corrected chi connectivity index (χ4v) is 5.49. The Hall–Kier alpha value is 1.07. The van der Waals surface area contributed by atoms with E-state index in [0.717, 1.165) is 0 Å². The van der Waals surface area contributed by atoms with E-state index in [1.807, 2.05) is 0 Å². The fourth-order valence-electron chi connectivity index (χ4n) is 0.920. The molecule has 0 saturated heterocycles. The van der Waals surface area contributed by atoms with Crippen molar-refractivity contribution in [3.63, 3.8) is 0 Å². The predicted molar refractivity (Wildman–Crippen MR) is 33.1 cm³/mol. The van der Waals surface area contributed by atoms with E-state index in [4.69, 9.17) is 0 Å². The molecule has 0 fully saturated rings. The number of hydrogen-bond donors (Lipinski definition) is 0. The summed E-state index contributed by atoms with van der Waals surface area (Å²) in [5.74, 6) is 0. The molecule has 0 saturated carbocycles. The van der Waals surface area contributed by atoms with Crippen molar-refractivity contribution in [3.05, 3.63) is 11.4 Å². The summed E-state index contributed by atoms with van der Waals surface area (Å²) in [7, 11) is 6.41. The first-order valence-electron chi connectivity index (χ1n) is 3.30. The molecule has 0 aliphatic heterocycles. The van der Waals surface area contributed by atoms with Gasteiger partial charge in [-0.25, -0.2) is 0 Å². The third kappa shape index (κ3) is 1.79. The second-order valence-corrected chi connectivity index (χ2v) is 6.46. The van der Waals surface area contributed by atoms with Gasteiger partial charge in [0.05, 0.1) is 0 Å². The second kappa shape index (κ2) is 4.07. The average Bonchev–Trinajstić information content (AvgIpc) is 2.08. The Balaban J connectivity index is 4.00. The third-order valence-corrected chi connectivity index (χ3v) is 7.62. The van der Waals surface area contributed by atoms with Gasteiger partial charge in [-0.05, 0) is 0 Å². The van der Waals surface area contributed by atoms with Gasteiger partial charge < -0.3 is 0 Å². The summed E-state index contributed by atoms with van der Waals surface area (Å²) in [5, 5.41) is 0. The molecule has 0 spiro atoms. The van der Waals surface area contributed by atoms with Crippen LogP contribution in [0.3, 0.4) is 0 Å². The molecule has 0 N–H and O–H groups in total. The summed E-state index contributed by atoms with van der Waals surface area (Å²) in [5.41, 5.74) is 0. The van der Waals surface area contributed by atoms with Gasteiger partial charge in [-0.1, -0.05) is 0 Å². The molecule has 1 rings (SSSR count). The van der Waals surface area contributed by atoms with Crippen LogP contribution in [0.15, 0.2) is 0 Å². The van der Waals surface area contributed by atoms with Crippen LogP contribution in [0, 0.1) is 11.4 Å². The normalized spacial score (nSPS) is 10.2. The van der Waals surface area contributed by atoms with Gasteiger partial charge in [-0.3, -0.25) is 0 Å². The van der Waals surface area contributed by atoms with Crippen molar-refractivity contribution in [1.82, 2.24) is 13.7 Å². The average molecular weight is 675 g/mol. The number of hydrogen-bond acceptors (Lipinski definition) is 0. The summed E-state index contributed by atoms with van der Waals surface area (Å²) in [6.45, 7) is 0. The molecule has 0 aliphatic rings. The van der Waals surface area contributed by atoms with Crippen molar-refractivity contribution < 1.29 is 58.1 Å². The quantitative estimate of drug-likeness (QED) is 0.367. The van der Waals surface area contributed by atoms with Crippen molar-refractivity contribution in [2.45, 2.75) is 0 Å². The summed E-state index contributed by atoms with van der Waals surface area (Å²) >= 11 is 4.58.